The molecular formula is C14H15N3O2. The number of nitrogens with zero attached hydrogens (tertiary/aromatic N) is 2. The van der Waals surface area contributed by atoms with Crippen molar-refractivity contribution < 1.29 is 9.90 Å². The number of rotatable bonds is 5. The van der Waals surface area contributed by atoms with Crippen LogP contribution < -0.4 is 5.32 Å². The molecule has 5 nitrogen and oxygen atoms in total. The van der Waals surface area contributed by atoms with Crippen molar-refractivity contribution in [2.24, 2.45) is 0 Å². The second kappa shape index (κ2) is 5.95. The van der Waals surface area contributed by atoms with Crippen LogP contribution in [0, 0.1) is 0 Å². The molecule has 0 aliphatic heterocycles. The number of carboxylic acids is 1. The van der Waals surface area contributed by atoms with Gasteiger partial charge in [0.25, 0.3) is 0 Å². The standard InChI is InChI=1S/C14H15N3O2/c1-2-10-3-5-11(6-4-10)9-17-13-12(14(18)19)15-7-8-16-13/h3-8H,2,9H2,1H3,(H,16,17)(H,18,19). The second-order valence-electron chi connectivity index (χ2n) is 4.08. The van der Waals surface area contributed by atoms with Crippen molar-refractivity contribution in [2.75, 3.05) is 5.32 Å². The molecule has 2 rings (SSSR count). The van der Waals surface area contributed by atoms with E-state index in [0.29, 0.717) is 6.54 Å². The molecule has 2 aromatic rings. The predicted octanol–water partition coefficient (Wildman–Crippen LogP) is 2.35. The van der Waals surface area contributed by atoms with Gasteiger partial charge in [-0.3, -0.25) is 0 Å². The first kappa shape index (κ1) is 13.0. The van der Waals surface area contributed by atoms with Gasteiger partial charge in [0.2, 0.25) is 0 Å². The molecule has 98 valence electrons. The summed E-state index contributed by atoms with van der Waals surface area (Å²) in [7, 11) is 0. The van der Waals surface area contributed by atoms with Gasteiger partial charge in [0.1, 0.15) is 0 Å². The number of nitrogens with one attached hydrogen (secondary N) is 1. The van der Waals surface area contributed by atoms with Crippen molar-refractivity contribution in [2.45, 2.75) is 19.9 Å². The Morgan fingerprint density at radius 3 is 2.42 bits per heavy atom. The largest absolute Gasteiger partial charge is 0.476 e. The van der Waals surface area contributed by atoms with Gasteiger partial charge in [0.05, 0.1) is 0 Å². The molecule has 0 aliphatic rings. The maximum atomic E-state index is 11.0. The molecule has 0 aliphatic carbocycles. The first-order chi connectivity index (χ1) is 9.20. The monoisotopic (exact) mass is 257 g/mol. The van der Waals surface area contributed by atoms with Crippen molar-refractivity contribution in [3.05, 3.63) is 53.5 Å². The number of aromatic nitrogens is 2. The van der Waals surface area contributed by atoms with E-state index in [-0.39, 0.29) is 11.5 Å². The number of aromatic carboxylic acids is 1. The zero-order valence-corrected chi connectivity index (χ0v) is 10.6. The highest BCUT2D eigenvalue weighted by molar-refractivity contribution is 5.90. The van der Waals surface area contributed by atoms with E-state index in [4.69, 9.17) is 5.11 Å². The van der Waals surface area contributed by atoms with E-state index in [1.165, 1.54) is 18.0 Å². The summed E-state index contributed by atoms with van der Waals surface area (Å²) in [5, 5.41) is 12.0. The van der Waals surface area contributed by atoms with Crippen LogP contribution in [0.4, 0.5) is 5.82 Å². The van der Waals surface area contributed by atoms with Gasteiger partial charge in [-0.15, -0.1) is 0 Å². The van der Waals surface area contributed by atoms with E-state index in [0.717, 1.165) is 12.0 Å². The van der Waals surface area contributed by atoms with Crippen LogP contribution in [-0.4, -0.2) is 21.0 Å². The van der Waals surface area contributed by atoms with Crippen LogP contribution >= 0.6 is 0 Å². The summed E-state index contributed by atoms with van der Waals surface area (Å²) in [5.74, 6) is -0.800. The van der Waals surface area contributed by atoms with Crippen molar-refractivity contribution in [1.82, 2.24) is 9.97 Å². The average Bonchev–Trinajstić information content (AvgIpc) is 2.46. The van der Waals surface area contributed by atoms with E-state index in [1.54, 1.807) is 0 Å². The van der Waals surface area contributed by atoms with Gasteiger partial charge in [-0.25, -0.2) is 14.8 Å². The lowest BCUT2D eigenvalue weighted by atomic mass is 10.1. The zero-order valence-electron chi connectivity index (χ0n) is 10.6. The molecule has 0 atom stereocenters. The van der Waals surface area contributed by atoms with Gasteiger partial charge < -0.3 is 10.4 Å². The Hall–Kier alpha value is -2.43. The maximum Gasteiger partial charge on any atom is 0.358 e. The van der Waals surface area contributed by atoms with Gasteiger partial charge in [-0.05, 0) is 17.5 Å². The van der Waals surface area contributed by atoms with E-state index >= 15 is 0 Å². The third kappa shape index (κ3) is 3.28. The predicted molar refractivity (Wildman–Crippen MR) is 72.1 cm³/mol. The summed E-state index contributed by atoms with van der Waals surface area (Å²) in [6.07, 6.45) is 3.83. The summed E-state index contributed by atoms with van der Waals surface area (Å²) in [4.78, 5) is 18.8. The Morgan fingerprint density at radius 2 is 1.79 bits per heavy atom. The lowest BCUT2D eigenvalue weighted by Gasteiger charge is -2.08. The third-order valence-corrected chi connectivity index (χ3v) is 2.79. The minimum atomic E-state index is -1.09. The molecule has 2 N–H and O–H groups in total. The molecule has 0 unspecified atom stereocenters. The van der Waals surface area contributed by atoms with Crippen molar-refractivity contribution in [3.8, 4) is 0 Å². The number of carbonyl (C=O) groups is 1. The van der Waals surface area contributed by atoms with Gasteiger partial charge in [-0.2, -0.15) is 0 Å². The van der Waals surface area contributed by atoms with E-state index in [2.05, 4.69) is 34.3 Å². The van der Waals surface area contributed by atoms with Crippen LogP contribution in [0.15, 0.2) is 36.7 Å². The Bertz CT molecular complexity index is 567. The molecule has 0 radical (unpaired) electrons. The molecule has 1 aromatic carbocycles. The van der Waals surface area contributed by atoms with E-state index in [1.807, 2.05) is 12.1 Å². The van der Waals surface area contributed by atoms with Crippen LogP contribution in [0.2, 0.25) is 0 Å². The normalized spacial score (nSPS) is 10.2. The number of hydrogen-bond acceptors (Lipinski definition) is 4. The van der Waals surface area contributed by atoms with Crippen LogP contribution in [0.5, 0.6) is 0 Å². The first-order valence-electron chi connectivity index (χ1n) is 6.06. The van der Waals surface area contributed by atoms with Crippen molar-refractivity contribution in [3.63, 3.8) is 0 Å². The average molecular weight is 257 g/mol. The smallest absolute Gasteiger partial charge is 0.358 e. The maximum absolute atomic E-state index is 11.0. The molecular weight excluding hydrogens is 242 g/mol. The summed E-state index contributed by atoms with van der Waals surface area (Å²) in [6, 6.07) is 8.16. The summed E-state index contributed by atoms with van der Waals surface area (Å²) < 4.78 is 0. The summed E-state index contributed by atoms with van der Waals surface area (Å²) in [5.41, 5.74) is 2.28. The highest BCUT2D eigenvalue weighted by Crippen LogP contribution is 2.11. The molecule has 19 heavy (non-hydrogen) atoms. The number of aryl methyl sites for hydroxylation is 1. The highest BCUT2D eigenvalue weighted by Gasteiger charge is 2.11. The van der Waals surface area contributed by atoms with Gasteiger partial charge in [0.15, 0.2) is 11.5 Å². The van der Waals surface area contributed by atoms with Crippen LogP contribution in [0.1, 0.15) is 28.5 Å². The molecule has 1 heterocycles. The summed E-state index contributed by atoms with van der Waals surface area (Å²) >= 11 is 0. The lowest BCUT2D eigenvalue weighted by Crippen LogP contribution is -2.10. The number of benzene rings is 1. The van der Waals surface area contributed by atoms with Crippen molar-refractivity contribution >= 4 is 11.8 Å². The third-order valence-electron chi connectivity index (χ3n) is 2.79. The summed E-state index contributed by atoms with van der Waals surface area (Å²) in [6.45, 7) is 2.62. The Balaban J connectivity index is 2.07. The molecule has 0 bridgehead atoms. The Morgan fingerprint density at radius 1 is 1.16 bits per heavy atom. The fraction of sp³-hybridized carbons (Fsp3) is 0.214. The second-order valence-corrected chi connectivity index (χ2v) is 4.08. The zero-order chi connectivity index (χ0) is 13.7. The Labute approximate surface area is 111 Å². The molecule has 0 spiro atoms. The molecule has 1 aromatic heterocycles. The number of anilines is 1. The number of hydrogen-bond donors (Lipinski definition) is 2. The van der Waals surface area contributed by atoms with Gasteiger partial charge in [-0.1, -0.05) is 31.2 Å². The fourth-order valence-electron chi connectivity index (χ4n) is 1.70. The van der Waals surface area contributed by atoms with Crippen molar-refractivity contribution in [1.29, 1.82) is 0 Å². The van der Waals surface area contributed by atoms with E-state index < -0.39 is 5.97 Å². The molecule has 0 saturated carbocycles. The Kier molecular flexibility index (Phi) is 4.07. The fourth-order valence-corrected chi connectivity index (χ4v) is 1.70. The first-order valence-corrected chi connectivity index (χ1v) is 6.06. The van der Waals surface area contributed by atoms with Gasteiger partial charge >= 0.3 is 5.97 Å². The molecule has 0 saturated heterocycles. The minimum absolute atomic E-state index is 0.0623. The number of carboxylic acid groups (broad SMARTS) is 1. The molecule has 0 amide bonds. The molecule has 0 fully saturated rings. The van der Waals surface area contributed by atoms with Crippen LogP contribution in [0.3, 0.4) is 0 Å². The van der Waals surface area contributed by atoms with Gasteiger partial charge in [0, 0.05) is 18.9 Å². The topological polar surface area (TPSA) is 75.1 Å². The quantitative estimate of drug-likeness (QED) is 0.860. The van der Waals surface area contributed by atoms with Crippen LogP contribution in [-0.2, 0) is 13.0 Å². The minimum Gasteiger partial charge on any atom is -0.476 e. The van der Waals surface area contributed by atoms with E-state index in [9.17, 15) is 4.79 Å². The highest BCUT2D eigenvalue weighted by atomic mass is 16.4. The molecule has 5 heteroatoms. The SMILES string of the molecule is CCc1ccc(CNc2nccnc2C(=O)O)cc1. The van der Waals surface area contributed by atoms with Crippen LogP contribution in [0.25, 0.3) is 0 Å². The lowest BCUT2D eigenvalue weighted by molar-refractivity contribution is 0.0691.